The Morgan fingerprint density at radius 2 is 1.88 bits per heavy atom. The highest BCUT2D eigenvalue weighted by atomic mass is 16.2. The minimum Gasteiger partial charge on any atom is -0.324 e. The first-order valence-corrected chi connectivity index (χ1v) is 9.23. The van der Waals surface area contributed by atoms with Gasteiger partial charge in [0, 0.05) is 24.4 Å². The van der Waals surface area contributed by atoms with E-state index in [4.69, 9.17) is 0 Å². The molecule has 0 radical (unpaired) electrons. The molecular formula is C21H29NO3. The topological polar surface area (TPSA) is 54.5 Å². The Bertz CT molecular complexity index is 678. The maximum atomic E-state index is 13.0. The van der Waals surface area contributed by atoms with Gasteiger partial charge in [0.25, 0.3) is 5.91 Å². The van der Waals surface area contributed by atoms with Crippen molar-refractivity contribution in [3.05, 3.63) is 34.9 Å². The molecule has 0 aromatic heterocycles. The first kappa shape index (κ1) is 19.4. The minimum atomic E-state index is -0.520. The lowest BCUT2D eigenvalue weighted by Crippen LogP contribution is -2.43. The summed E-state index contributed by atoms with van der Waals surface area (Å²) in [7, 11) is 0. The van der Waals surface area contributed by atoms with E-state index in [1.807, 2.05) is 26.0 Å². The van der Waals surface area contributed by atoms with Crippen molar-refractivity contribution in [2.75, 3.05) is 0 Å². The number of hydrogen-bond donors (Lipinski definition) is 0. The van der Waals surface area contributed by atoms with Crippen molar-refractivity contribution in [1.29, 1.82) is 0 Å². The molecule has 0 saturated carbocycles. The first-order valence-electron chi connectivity index (χ1n) is 9.23. The number of rotatable bonds is 8. The van der Waals surface area contributed by atoms with E-state index in [0.29, 0.717) is 30.9 Å². The van der Waals surface area contributed by atoms with Crippen molar-refractivity contribution >= 4 is 17.5 Å². The smallest absolute Gasteiger partial charge is 0.255 e. The lowest BCUT2D eigenvalue weighted by Gasteiger charge is -2.28. The van der Waals surface area contributed by atoms with Crippen molar-refractivity contribution in [3.63, 3.8) is 0 Å². The van der Waals surface area contributed by atoms with E-state index in [1.165, 1.54) is 12.5 Å². The maximum Gasteiger partial charge on any atom is 0.255 e. The van der Waals surface area contributed by atoms with Crippen molar-refractivity contribution in [2.45, 2.75) is 72.4 Å². The van der Waals surface area contributed by atoms with Gasteiger partial charge in [-0.3, -0.25) is 9.59 Å². The summed E-state index contributed by atoms with van der Waals surface area (Å²) in [5.74, 6) is 0.211. The third kappa shape index (κ3) is 4.00. The zero-order valence-electron chi connectivity index (χ0n) is 16.0. The van der Waals surface area contributed by atoms with Crippen molar-refractivity contribution in [2.24, 2.45) is 5.92 Å². The monoisotopic (exact) mass is 343 g/mol. The summed E-state index contributed by atoms with van der Waals surface area (Å²) in [6.45, 7) is 9.99. The molecule has 0 spiro atoms. The molecule has 0 fully saturated rings. The van der Waals surface area contributed by atoms with E-state index in [9.17, 15) is 14.4 Å². The molecule has 1 aromatic carbocycles. The highest BCUT2D eigenvalue weighted by Gasteiger charge is 2.38. The molecule has 2 atom stereocenters. The van der Waals surface area contributed by atoms with Gasteiger partial charge < -0.3 is 9.69 Å². The number of benzene rings is 1. The van der Waals surface area contributed by atoms with E-state index in [0.717, 1.165) is 12.0 Å². The van der Waals surface area contributed by atoms with E-state index in [-0.39, 0.29) is 23.4 Å². The summed E-state index contributed by atoms with van der Waals surface area (Å²) < 4.78 is 0. The van der Waals surface area contributed by atoms with Crippen LogP contribution in [0, 0.1) is 5.92 Å². The Hall–Kier alpha value is -1.97. The van der Waals surface area contributed by atoms with Crippen molar-refractivity contribution < 1.29 is 14.4 Å². The maximum absolute atomic E-state index is 13.0. The largest absolute Gasteiger partial charge is 0.324 e. The molecule has 1 heterocycles. The van der Waals surface area contributed by atoms with Crippen LogP contribution in [0.25, 0.3) is 0 Å². The number of Topliss-reactive ketones (excluding diaryl/α,β-unsaturated/α-hetero) is 2. The van der Waals surface area contributed by atoms with Gasteiger partial charge in [0.1, 0.15) is 5.78 Å². The number of amides is 1. The minimum absolute atomic E-state index is 0.0347. The Morgan fingerprint density at radius 1 is 1.20 bits per heavy atom. The van der Waals surface area contributed by atoms with Crippen LogP contribution in [0.2, 0.25) is 0 Å². The fourth-order valence-corrected chi connectivity index (χ4v) is 3.49. The third-order valence-electron chi connectivity index (χ3n) is 5.22. The Labute approximate surface area is 150 Å². The van der Waals surface area contributed by atoms with E-state index in [2.05, 4.69) is 19.9 Å². The SMILES string of the molecule is CCC(C)c1cccc2c1CN(C(CCC(C)=O)C(=O)C(C)C)C2=O. The molecule has 1 aliphatic heterocycles. The zero-order valence-corrected chi connectivity index (χ0v) is 16.0. The van der Waals surface area contributed by atoms with Gasteiger partial charge in [-0.05, 0) is 42.9 Å². The lowest BCUT2D eigenvalue weighted by atomic mass is 9.92. The summed E-state index contributed by atoms with van der Waals surface area (Å²) in [6, 6.07) is 5.34. The molecule has 1 aliphatic rings. The average molecular weight is 343 g/mol. The molecule has 25 heavy (non-hydrogen) atoms. The fourth-order valence-electron chi connectivity index (χ4n) is 3.49. The molecule has 2 rings (SSSR count). The molecule has 0 N–H and O–H groups in total. The molecule has 0 aliphatic carbocycles. The molecule has 1 amide bonds. The van der Waals surface area contributed by atoms with Crippen LogP contribution >= 0.6 is 0 Å². The summed E-state index contributed by atoms with van der Waals surface area (Å²) in [4.78, 5) is 38.8. The van der Waals surface area contributed by atoms with Gasteiger partial charge in [-0.2, -0.15) is 0 Å². The summed E-state index contributed by atoms with van der Waals surface area (Å²) in [5, 5.41) is 0. The van der Waals surface area contributed by atoms with Gasteiger partial charge in [0.15, 0.2) is 5.78 Å². The predicted octanol–water partition coefficient (Wildman–Crippen LogP) is 4.12. The van der Waals surface area contributed by atoms with Crippen LogP contribution in [0.3, 0.4) is 0 Å². The molecule has 136 valence electrons. The van der Waals surface area contributed by atoms with Crippen LogP contribution in [0.15, 0.2) is 18.2 Å². The van der Waals surface area contributed by atoms with E-state index >= 15 is 0 Å². The molecule has 2 unspecified atom stereocenters. The number of nitrogens with zero attached hydrogens (tertiary/aromatic N) is 1. The van der Waals surface area contributed by atoms with Crippen LogP contribution in [-0.2, 0) is 16.1 Å². The Kier molecular flexibility index (Phi) is 6.15. The van der Waals surface area contributed by atoms with Crippen LogP contribution in [0.1, 0.15) is 81.3 Å². The van der Waals surface area contributed by atoms with Gasteiger partial charge in [-0.25, -0.2) is 0 Å². The summed E-state index contributed by atoms with van der Waals surface area (Å²) >= 11 is 0. The number of carbonyl (C=O) groups is 3. The molecule has 1 aromatic rings. The fraction of sp³-hybridized carbons (Fsp3) is 0.571. The van der Waals surface area contributed by atoms with Crippen LogP contribution in [-0.4, -0.2) is 28.4 Å². The average Bonchev–Trinajstić information content (AvgIpc) is 2.91. The lowest BCUT2D eigenvalue weighted by molar-refractivity contribution is -0.127. The van der Waals surface area contributed by atoms with E-state index in [1.54, 1.807) is 4.90 Å². The zero-order chi connectivity index (χ0) is 18.7. The molecular weight excluding hydrogens is 314 g/mol. The highest BCUT2D eigenvalue weighted by Crippen LogP contribution is 2.34. The third-order valence-corrected chi connectivity index (χ3v) is 5.22. The number of carbonyl (C=O) groups excluding carboxylic acids is 3. The van der Waals surface area contributed by atoms with Gasteiger partial charge in [-0.1, -0.05) is 39.8 Å². The molecule has 0 saturated heterocycles. The van der Waals surface area contributed by atoms with Gasteiger partial charge >= 0.3 is 0 Å². The predicted molar refractivity (Wildman–Crippen MR) is 98.6 cm³/mol. The Balaban J connectivity index is 2.36. The second kappa shape index (κ2) is 7.94. The van der Waals surface area contributed by atoms with Crippen LogP contribution in [0.5, 0.6) is 0 Å². The summed E-state index contributed by atoms with van der Waals surface area (Å²) in [6.07, 6.45) is 1.73. The van der Waals surface area contributed by atoms with Crippen LogP contribution < -0.4 is 0 Å². The number of ketones is 2. The molecule has 4 heteroatoms. The molecule has 4 nitrogen and oxygen atoms in total. The van der Waals surface area contributed by atoms with Gasteiger partial charge in [0.2, 0.25) is 0 Å². The first-order chi connectivity index (χ1) is 11.8. The normalized spacial score (nSPS) is 16.1. The van der Waals surface area contributed by atoms with Gasteiger partial charge in [0.05, 0.1) is 6.04 Å². The van der Waals surface area contributed by atoms with Crippen molar-refractivity contribution in [3.8, 4) is 0 Å². The quantitative estimate of drug-likeness (QED) is 0.713. The Morgan fingerprint density at radius 3 is 2.44 bits per heavy atom. The number of fused-ring (bicyclic) bond motifs is 1. The van der Waals surface area contributed by atoms with Crippen LogP contribution in [0.4, 0.5) is 0 Å². The van der Waals surface area contributed by atoms with E-state index < -0.39 is 6.04 Å². The summed E-state index contributed by atoms with van der Waals surface area (Å²) in [5.41, 5.74) is 2.95. The van der Waals surface area contributed by atoms with Gasteiger partial charge in [-0.15, -0.1) is 0 Å². The standard InChI is InChI=1S/C21H29NO3/c1-6-14(4)16-8-7-9-17-18(16)12-22(21(17)25)19(11-10-15(5)23)20(24)13(2)3/h7-9,13-14,19H,6,10-12H2,1-5H3. The van der Waals surface area contributed by atoms with Crippen molar-refractivity contribution in [1.82, 2.24) is 4.90 Å². The molecule has 0 bridgehead atoms. The highest BCUT2D eigenvalue weighted by molar-refractivity contribution is 6.02. The second-order valence-corrected chi connectivity index (χ2v) is 7.43. The number of hydrogen-bond acceptors (Lipinski definition) is 3. The second-order valence-electron chi connectivity index (χ2n) is 7.43.